The highest BCUT2D eigenvalue weighted by atomic mass is 16.6. The summed E-state index contributed by atoms with van der Waals surface area (Å²) >= 11 is 0. The predicted octanol–water partition coefficient (Wildman–Crippen LogP) is 1.85. The molecule has 0 aliphatic rings. The monoisotopic (exact) mass is 268 g/mol. The van der Waals surface area contributed by atoms with Crippen LogP contribution in [0, 0.1) is 0 Å². The number of hydrogen-bond acceptors (Lipinski definition) is 5. The van der Waals surface area contributed by atoms with Gasteiger partial charge in [0.2, 0.25) is 0 Å². The molecule has 0 saturated carbocycles. The lowest BCUT2D eigenvalue weighted by Crippen LogP contribution is -2.35. The summed E-state index contributed by atoms with van der Waals surface area (Å²) in [7, 11) is 0. The summed E-state index contributed by atoms with van der Waals surface area (Å²) in [4.78, 5) is 16.3. The Morgan fingerprint density at radius 1 is 1.47 bits per heavy atom. The highest BCUT2D eigenvalue weighted by molar-refractivity contribution is 5.67. The van der Waals surface area contributed by atoms with Gasteiger partial charge in [0.1, 0.15) is 17.5 Å². The van der Waals surface area contributed by atoms with Gasteiger partial charge in [0.25, 0.3) is 0 Å². The average molecular weight is 268 g/mol. The lowest BCUT2D eigenvalue weighted by Gasteiger charge is -2.21. The zero-order valence-electron chi connectivity index (χ0n) is 11.3. The zero-order chi connectivity index (χ0) is 14.5. The smallest absolute Gasteiger partial charge is 0.407 e. The number of ether oxygens (including phenoxy) is 1. The van der Waals surface area contributed by atoms with Gasteiger partial charge in [-0.2, -0.15) is 0 Å². The standard InChI is InChI=1S/C13H20N2O4/c1-13(2,3)18-12(17)15-8-11(19-14)9-5-4-6-10(16)7-9/h4-7,11,16H,8,14H2,1-3H3,(H,15,17). The van der Waals surface area contributed by atoms with Crippen molar-refractivity contribution in [2.24, 2.45) is 5.90 Å². The van der Waals surface area contributed by atoms with Crippen molar-refractivity contribution in [3.05, 3.63) is 29.8 Å². The highest BCUT2D eigenvalue weighted by Crippen LogP contribution is 2.19. The maximum Gasteiger partial charge on any atom is 0.407 e. The van der Waals surface area contributed by atoms with Crippen molar-refractivity contribution in [1.82, 2.24) is 5.32 Å². The number of hydrogen-bond donors (Lipinski definition) is 3. The molecule has 4 N–H and O–H groups in total. The molecule has 0 aliphatic carbocycles. The molecule has 0 aromatic heterocycles. The molecule has 106 valence electrons. The fourth-order valence-electron chi connectivity index (χ4n) is 1.46. The van der Waals surface area contributed by atoms with Gasteiger partial charge in [0.05, 0.1) is 6.54 Å². The molecule has 0 bridgehead atoms. The number of carbonyl (C=O) groups is 1. The Kier molecular flexibility index (Phi) is 5.14. The van der Waals surface area contributed by atoms with Crippen LogP contribution in [0.4, 0.5) is 4.79 Å². The molecule has 1 rings (SSSR count). The summed E-state index contributed by atoms with van der Waals surface area (Å²) < 4.78 is 5.10. The van der Waals surface area contributed by atoms with Gasteiger partial charge in [0.15, 0.2) is 0 Å². The minimum absolute atomic E-state index is 0.108. The lowest BCUT2D eigenvalue weighted by molar-refractivity contribution is 0.0340. The van der Waals surface area contributed by atoms with E-state index in [2.05, 4.69) is 5.32 Å². The van der Waals surface area contributed by atoms with Crippen LogP contribution in [0.2, 0.25) is 0 Å². The predicted molar refractivity (Wildman–Crippen MR) is 70.4 cm³/mol. The molecular formula is C13H20N2O4. The first-order valence-corrected chi connectivity index (χ1v) is 5.93. The van der Waals surface area contributed by atoms with E-state index in [0.29, 0.717) is 5.56 Å². The second-order valence-corrected chi connectivity index (χ2v) is 5.10. The quantitative estimate of drug-likeness (QED) is 0.724. The van der Waals surface area contributed by atoms with Crippen LogP contribution in [0.25, 0.3) is 0 Å². The van der Waals surface area contributed by atoms with Crippen LogP contribution >= 0.6 is 0 Å². The number of nitrogens with two attached hydrogens (primary N) is 1. The maximum atomic E-state index is 11.5. The molecule has 0 heterocycles. The van der Waals surface area contributed by atoms with Crippen molar-refractivity contribution >= 4 is 6.09 Å². The first-order chi connectivity index (χ1) is 8.81. The van der Waals surface area contributed by atoms with E-state index in [-0.39, 0.29) is 12.3 Å². The highest BCUT2D eigenvalue weighted by Gasteiger charge is 2.18. The Morgan fingerprint density at radius 3 is 2.68 bits per heavy atom. The van der Waals surface area contributed by atoms with Crippen molar-refractivity contribution < 1.29 is 19.5 Å². The second kappa shape index (κ2) is 6.40. The van der Waals surface area contributed by atoms with Crippen LogP contribution in [-0.2, 0) is 9.57 Å². The number of benzene rings is 1. The van der Waals surface area contributed by atoms with Crippen molar-refractivity contribution in [2.45, 2.75) is 32.5 Å². The number of rotatable bonds is 4. The van der Waals surface area contributed by atoms with E-state index in [4.69, 9.17) is 15.5 Å². The molecule has 1 aromatic rings. The largest absolute Gasteiger partial charge is 0.508 e. The van der Waals surface area contributed by atoms with E-state index >= 15 is 0 Å². The van der Waals surface area contributed by atoms with Gasteiger partial charge in [-0.05, 0) is 38.5 Å². The number of nitrogens with one attached hydrogen (secondary N) is 1. The van der Waals surface area contributed by atoms with E-state index in [1.807, 2.05) is 0 Å². The third kappa shape index (κ3) is 5.58. The van der Waals surface area contributed by atoms with Gasteiger partial charge in [-0.3, -0.25) is 4.84 Å². The normalized spacial score (nSPS) is 12.8. The molecule has 1 atom stereocenters. The summed E-state index contributed by atoms with van der Waals surface area (Å²) in [5.41, 5.74) is 0.104. The second-order valence-electron chi connectivity index (χ2n) is 5.10. The first-order valence-electron chi connectivity index (χ1n) is 5.93. The van der Waals surface area contributed by atoms with Crippen LogP contribution < -0.4 is 11.2 Å². The van der Waals surface area contributed by atoms with Gasteiger partial charge in [0, 0.05) is 0 Å². The summed E-state index contributed by atoms with van der Waals surface area (Å²) in [6.07, 6.45) is -1.10. The molecule has 1 aromatic carbocycles. The van der Waals surface area contributed by atoms with Crippen LogP contribution in [-0.4, -0.2) is 23.3 Å². The van der Waals surface area contributed by atoms with Crippen LogP contribution in [0.1, 0.15) is 32.4 Å². The van der Waals surface area contributed by atoms with Crippen molar-refractivity contribution in [1.29, 1.82) is 0 Å². The van der Waals surface area contributed by atoms with E-state index in [0.717, 1.165) is 0 Å². The number of carbonyl (C=O) groups excluding carboxylic acids is 1. The van der Waals surface area contributed by atoms with E-state index < -0.39 is 17.8 Å². The molecule has 0 fully saturated rings. The van der Waals surface area contributed by atoms with Gasteiger partial charge >= 0.3 is 6.09 Å². The fourth-order valence-corrected chi connectivity index (χ4v) is 1.46. The third-order valence-corrected chi connectivity index (χ3v) is 2.24. The Labute approximate surface area is 112 Å². The molecular weight excluding hydrogens is 248 g/mol. The Hall–Kier alpha value is -1.79. The van der Waals surface area contributed by atoms with Gasteiger partial charge in [-0.15, -0.1) is 0 Å². The fraction of sp³-hybridized carbons (Fsp3) is 0.462. The van der Waals surface area contributed by atoms with Gasteiger partial charge in [-0.25, -0.2) is 10.7 Å². The molecule has 1 unspecified atom stereocenters. The summed E-state index contributed by atoms with van der Waals surface area (Å²) in [5, 5.41) is 11.9. The van der Waals surface area contributed by atoms with Crippen molar-refractivity contribution in [3.8, 4) is 5.75 Å². The minimum Gasteiger partial charge on any atom is -0.508 e. The Balaban J connectivity index is 2.56. The van der Waals surface area contributed by atoms with E-state index in [1.54, 1.807) is 39.0 Å². The van der Waals surface area contributed by atoms with Crippen molar-refractivity contribution in [3.63, 3.8) is 0 Å². The van der Waals surface area contributed by atoms with Gasteiger partial charge < -0.3 is 15.2 Å². The number of amides is 1. The van der Waals surface area contributed by atoms with E-state index in [1.165, 1.54) is 6.07 Å². The average Bonchev–Trinajstić information content (AvgIpc) is 2.27. The SMILES string of the molecule is CC(C)(C)OC(=O)NCC(ON)c1cccc(O)c1. The summed E-state index contributed by atoms with van der Waals surface area (Å²) in [6, 6.07) is 6.48. The molecule has 0 radical (unpaired) electrons. The molecule has 0 saturated heterocycles. The minimum atomic E-state index is -0.561. The third-order valence-electron chi connectivity index (χ3n) is 2.24. The molecule has 0 aliphatic heterocycles. The summed E-state index contributed by atoms with van der Waals surface area (Å²) in [5.74, 6) is 5.30. The molecule has 6 nitrogen and oxygen atoms in total. The van der Waals surface area contributed by atoms with Crippen LogP contribution in [0.5, 0.6) is 5.75 Å². The first kappa shape index (κ1) is 15.3. The lowest BCUT2D eigenvalue weighted by atomic mass is 10.1. The number of phenolic OH excluding ortho intramolecular Hbond substituents is 1. The number of aromatic hydroxyl groups is 1. The van der Waals surface area contributed by atoms with Crippen LogP contribution in [0.3, 0.4) is 0 Å². The maximum absolute atomic E-state index is 11.5. The topological polar surface area (TPSA) is 93.8 Å². The van der Waals surface area contributed by atoms with Crippen molar-refractivity contribution in [2.75, 3.05) is 6.54 Å². The number of alkyl carbamates (subject to hydrolysis) is 1. The van der Waals surface area contributed by atoms with Crippen LogP contribution in [0.15, 0.2) is 24.3 Å². The van der Waals surface area contributed by atoms with Gasteiger partial charge in [-0.1, -0.05) is 12.1 Å². The Morgan fingerprint density at radius 2 is 2.16 bits per heavy atom. The zero-order valence-corrected chi connectivity index (χ0v) is 11.3. The molecule has 6 heteroatoms. The molecule has 19 heavy (non-hydrogen) atoms. The summed E-state index contributed by atoms with van der Waals surface area (Å²) in [6.45, 7) is 5.48. The molecule has 1 amide bonds. The van der Waals surface area contributed by atoms with E-state index in [9.17, 15) is 9.90 Å². The Bertz CT molecular complexity index is 429. The number of phenols is 1. The molecule has 0 spiro atoms.